The molecule has 1 amide bonds. The number of nitrogens with zero attached hydrogens (tertiary/aromatic N) is 3. The predicted octanol–water partition coefficient (Wildman–Crippen LogP) is 4.31. The van der Waals surface area contributed by atoms with Gasteiger partial charge in [0.1, 0.15) is 6.54 Å². The molecule has 1 heterocycles. The number of rotatable bonds is 8. The molecule has 0 aliphatic carbocycles. The van der Waals surface area contributed by atoms with Gasteiger partial charge in [-0.15, -0.1) is 10.2 Å². The normalized spacial score (nSPS) is 11.3. The van der Waals surface area contributed by atoms with Crippen molar-refractivity contribution < 1.29 is 14.3 Å². The van der Waals surface area contributed by atoms with Crippen molar-refractivity contribution in [2.75, 3.05) is 18.9 Å². The van der Waals surface area contributed by atoms with Crippen LogP contribution in [0.3, 0.4) is 0 Å². The van der Waals surface area contributed by atoms with E-state index in [0.717, 1.165) is 16.8 Å². The maximum absolute atomic E-state index is 12.2. The summed E-state index contributed by atoms with van der Waals surface area (Å²) in [6.45, 7) is 10.4. The summed E-state index contributed by atoms with van der Waals surface area (Å²) in [6, 6.07) is 16.4. The Bertz CT molecular complexity index is 1100. The fraction of sp³-hybridized carbons (Fsp3) is 0.360. The highest BCUT2D eigenvalue weighted by Crippen LogP contribution is 2.30. The third kappa shape index (κ3) is 6.44. The topological polar surface area (TPSA) is 86.1 Å². The van der Waals surface area contributed by atoms with Gasteiger partial charge in [0.2, 0.25) is 5.91 Å². The van der Waals surface area contributed by atoms with Crippen LogP contribution >= 0.6 is 11.8 Å². The van der Waals surface area contributed by atoms with Crippen LogP contribution < -0.4 is 5.32 Å². The van der Waals surface area contributed by atoms with E-state index in [9.17, 15) is 9.59 Å². The first kappa shape index (κ1) is 24.5. The Morgan fingerprint density at radius 3 is 2.30 bits per heavy atom. The third-order valence-corrected chi connectivity index (χ3v) is 5.93. The van der Waals surface area contributed by atoms with Crippen LogP contribution in [0.1, 0.15) is 38.8 Å². The largest absolute Gasteiger partial charge is 0.465 e. The predicted molar refractivity (Wildman–Crippen MR) is 131 cm³/mol. The third-order valence-electron chi connectivity index (χ3n) is 5.00. The second kappa shape index (κ2) is 10.7. The van der Waals surface area contributed by atoms with Crippen LogP contribution in [0.4, 0.5) is 0 Å². The maximum atomic E-state index is 12.2. The van der Waals surface area contributed by atoms with Gasteiger partial charge in [0.05, 0.1) is 12.4 Å². The van der Waals surface area contributed by atoms with E-state index in [0.29, 0.717) is 11.0 Å². The van der Waals surface area contributed by atoms with E-state index in [-0.39, 0.29) is 30.2 Å². The number of carbonyl (C=O) groups is 2. The van der Waals surface area contributed by atoms with Crippen molar-refractivity contribution in [1.29, 1.82) is 0 Å². The molecule has 0 aliphatic heterocycles. The van der Waals surface area contributed by atoms with Gasteiger partial charge in [-0.05, 0) is 37.0 Å². The minimum absolute atomic E-state index is 0.0566. The molecule has 0 saturated carbocycles. The van der Waals surface area contributed by atoms with Crippen molar-refractivity contribution in [1.82, 2.24) is 20.1 Å². The molecule has 0 unspecified atom stereocenters. The number of amides is 1. The summed E-state index contributed by atoms with van der Waals surface area (Å²) in [6.07, 6.45) is 0. The Balaban J connectivity index is 1.86. The van der Waals surface area contributed by atoms with Gasteiger partial charge in [-0.2, -0.15) is 0 Å². The molecule has 0 saturated heterocycles. The van der Waals surface area contributed by atoms with Gasteiger partial charge >= 0.3 is 5.97 Å². The molecule has 1 N–H and O–H groups in total. The van der Waals surface area contributed by atoms with E-state index >= 15 is 0 Å². The average molecular weight is 467 g/mol. The van der Waals surface area contributed by atoms with Crippen LogP contribution in [0.15, 0.2) is 53.7 Å². The Morgan fingerprint density at radius 2 is 1.70 bits per heavy atom. The molecule has 0 atom stereocenters. The second-order valence-corrected chi connectivity index (χ2v) is 9.62. The molecule has 1 aromatic heterocycles. The molecule has 0 fully saturated rings. The molecule has 33 heavy (non-hydrogen) atoms. The zero-order valence-electron chi connectivity index (χ0n) is 19.7. The summed E-state index contributed by atoms with van der Waals surface area (Å²) in [4.78, 5) is 23.7. The first-order valence-electron chi connectivity index (χ1n) is 10.9. The van der Waals surface area contributed by atoms with Crippen molar-refractivity contribution in [3.63, 3.8) is 0 Å². The molecule has 174 valence electrons. The number of hydrogen-bond donors (Lipinski definition) is 1. The minimum atomic E-state index is -0.459. The van der Waals surface area contributed by atoms with E-state index in [2.05, 4.69) is 60.6 Å². The van der Waals surface area contributed by atoms with Gasteiger partial charge in [-0.25, -0.2) is 0 Å². The number of esters is 1. The number of nitrogens with one attached hydrogen (secondary N) is 1. The molecule has 8 heteroatoms. The zero-order chi connectivity index (χ0) is 24.0. The van der Waals surface area contributed by atoms with Crippen molar-refractivity contribution in [2.24, 2.45) is 0 Å². The first-order chi connectivity index (χ1) is 15.7. The number of ether oxygens (including phenoxy) is 1. The number of benzene rings is 2. The van der Waals surface area contributed by atoms with Crippen molar-refractivity contribution >= 4 is 23.6 Å². The van der Waals surface area contributed by atoms with E-state index in [1.165, 1.54) is 17.3 Å². The Kier molecular flexibility index (Phi) is 7.92. The Labute approximate surface area is 198 Å². The molecule has 3 aromatic rings. The van der Waals surface area contributed by atoms with Crippen LogP contribution in [0, 0.1) is 6.92 Å². The van der Waals surface area contributed by atoms with Crippen LogP contribution in [0.25, 0.3) is 17.1 Å². The van der Waals surface area contributed by atoms with E-state index in [4.69, 9.17) is 4.74 Å². The minimum Gasteiger partial charge on any atom is -0.465 e. The Morgan fingerprint density at radius 1 is 1.03 bits per heavy atom. The molecule has 0 radical (unpaired) electrons. The monoisotopic (exact) mass is 466 g/mol. The lowest BCUT2D eigenvalue weighted by Crippen LogP contribution is -2.31. The van der Waals surface area contributed by atoms with Crippen molar-refractivity contribution in [3.05, 3.63) is 59.7 Å². The van der Waals surface area contributed by atoms with Crippen molar-refractivity contribution in [2.45, 2.75) is 45.2 Å². The van der Waals surface area contributed by atoms with Crippen LogP contribution in [0.2, 0.25) is 0 Å². The highest BCUT2D eigenvalue weighted by atomic mass is 32.2. The van der Waals surface area contributed by atoms with Gasteiger partial charge in [0.25, 0.3) is 0 Å². The SMILES string of the molecule is CCOC(=O)CNC(=O)CSc1nnc(-c2ccc(C(C)(C)C)cc2)n1-c1ccc(C)cc1. The molecule has 0 aliphatic rings. The molecular formula is C25H30N4O3S. The van der Waals surface area contributed by atoms with E-state index < -0.39 is 5.97 Å². The summed E-state index contributed by atoms with van der Waals surface area (Å²) >= 11 is 1.27. The van der Waals surface area contributed by atoms with E-state index in [1.54, 1.807) is 6.92 Å². The maximum Gasteiger partial charge on any atom is 0.325 e. The lowest BCUT2D eigenvalue weighted by Gasteiger charge is -2.19. The summed E-state index contributed by atoms with van der Waals surface area (Å²) in [5.41, 5.74) is 4.29. The average Bonchev–Trinajstić information content (AvgIpc) is 3.20. The quantitative estimate of drug-likeness (QED) is 0.393. The lowest BCUT2D eigenvalue weighted by atomic mass is 9.87. The van der Waals surface area contributed by atoms with Crippen LogP contribution in [-0.2, 0) is 19.7 Å². The van der Waals surface area contributed by atoms with Gasteiger partial charge in [0, 0.05) is 11.3 Å². The van der Waals surface area contributed by atoms with Gasteiger partial charge in [-0.1, -0.05) is 74.5 Å². The fourth-order valence-electron chi connectivity index (χ4n) is 3.16. The highest BCUT2D eigenvalue weighted by Gasteiger charge is 2.19. The van der Waals surface area contributed by atoms with Gasteiger partial charge in [-0.3, -0.25) is 14.2 Å². The van der Waals surface area contributed by atoms with Gasteiger partial charge in [0.15, 0.2) is 11.0 Å². The second-order valence-electron chi connectivity index (χ2n) is 8.67. The van der Waals surface area contributed by atoms with Crippen LogP contribution in [0.5, 0.6) is 0 Å². The number of thioether (sulfide) groups is 1. The summed E-state index contributed by atoms with van der Waals surface area (Å²) in [7, 11) is 0. The first-order valence-corrected chi connectivity index (χ1v) is 11.9. The van der Waals surface area contributed by atoms with Gasteiger partial charge < -0.3 is 10.1 Å². The fourth-order valence-corrected chi connectivity index (χ4v) is 3.94. The molecule has 7 nitrogen and oxygen atoms in total. The lowest BCUT2D eigenvalue weighted by molar-refractivity contribution is -0.143. The Hall–Kier alpha value is -3.13. The van der Waals surface area contributed by atoms with Crippen LogP contribution in [-0.4, -0.2) is 45.5 Å². The van der Waals surface area contributed by atoms with Crippen molar-refractivity contribution in [3.8, 4) is 17.1 Å². The summed E-state index contributed by atoms with van der Waals surface area (Å²) < 4.78 is 6.79. The number of aryl methyl sites for hydroxylation is 1. The standard InChI is InChI=1S/C25H30N4O3S/c1-6-32-22(31)15-26-21(30)16-33-24-28-27-23(29(24)20-13-7-17(2)8-14-20)18-9-11-19(12-10-18)25(3,4)5/h7-14H,6,15-16H2,1-5H3,(H,26,30). The summed E-state index contributed by atoms with van der Waals surface area (Å²) in [5.74, 6) is 0.0720. The molecular weight excluding hydrogens is 436 g/mol. The number of hydrogen-bond acceptors (Lipinski definition) is 6. The number of aromatic nitrogens is 3. The molecule has 2 aromatic carbocycles. The molecule has 0 bridgehead atoms. The van der Waals surface area contributed by atoms with E-state index in [1.807, 2.05) is 35.8 Å². The number of carbonyl (C=O) groups excluding carboxylic acids is 2. The smallest absolute Gasteiger partial charge is 0.325 e. The zero-order valence-corrected chi connectivity index (χ0v) is 20.5. The summed E-state index contributed by atoms with van der Waals surface area (Å²) in [5, 5.41) is 12.0. The molecule has 0 spiro atoms. The molecule has 3 rings (SSSR count). The highest BCUT2D eigenvalue weighted by molar-refractivity contribution is 7.99.